The first-order valence-corrected chi connectivity index (χ1v) is 7.37. The number of benzene rings is 3. The van der Waals surface area contributed by atoms with Crippen LogP contribution < -0.4 is 5.56 Å². The number of hydrogen-bond donors (Lipinski definition) is 0. The maximum Gasteiger partial charge on any atom is 0.284 e. The highest BCUT2D eigenvalue weighted by Gasteiger charge is 2.08. The summed E-state index contributed by atoms with van der Waals surface area (Å²) in [5.74, 6) is 0.341. The van der Waals surface area contributed by atoms with Gasteiger partial charge in [0, 0.05) is 5.56 Å². The summed E-state index contributed by atoms with van der Waals surface area (Å²) in [7, 11) is 0. The van der Waals surface area contributed by atoms with Gasteiger partial charge >= 0.3 is 0 Å². The maximum absolute atomic E-state index is 12.1. The third-order valence-electron chi connectivity index (χ3n) is 3.77. The Morgan fingerprint density at radius 3 is 2.04 bits per heavy atom. The lowest BCUT2D eigenvalue weighted by Gasteiger charge is -2.04. The van der Waals surface area contributed by atoms with Crippen LogP contribution in [-0.2, 0) is 0 Å². The Morgan fingerprint density at radius 1 is 0.652 bits per heavy atom. The van der Waals surface area contributed by atoms with Gasteiger partial charge < -0.3 is 4.42 Å². The quantitative estimate of drug-likeness (QED) is 0.546. The smallest absolute Gasteiger partial charge is 0.284 e. The SMILES string of the molecule is O=c1nc(-c2ccc(-c3ccccc3)cc2)oc2ccccc12. The Hall–Kier alpha value is -3.20. The topological polar surface area (TPSA) is 43.1 Å². The molecule has 3 nitrogen and oxygen atoms in total. The van der Waals surface area contributed by atoms with Crippen molar-refractivity contribution in [3.05, 3.63) is 89.2 Å². The van der Waals surface area contributed by atoms with E-state index in [2.05, 4.69) is 17.1 Å². The van der Waals surface area contributed by atoms with Gasteiger partial charge in [-0.15, -0.1) is 0 Å². The number of nitrogens with zero attached hydrogens (tertiary/aromatic N) is 1. The summed E-state index contributed by atoms with van der Waals surface area (Å²) in [6.45, 7) is 0. The van der Waals surface area contributed by atoms with Crippen LogP contribution in [0.1, 0.15) is 0 Å². The first-order chi connectivity index (χ1) is 11.3. The normalized spacial score (nSPS) is 10.8. The molecule has 0 amide bonds. The standard InChI is InChI=1S/C20H13NO2/c22-19-17-8-4-5-9-18(17)23-20(21-19)16-12-10-15(11-13-16)14-6-2-1-3-7-14/h1-13H. The van der Waals surface area contributed by atoms with Crippen molar-refractivity contribution < 1.29 is 4.42 Å². The summed E-state index contributed by atoms with van der Waals surface area (Å²) in [4.78, 5) is 16.1. The Balaban J connectivity index is 1.78. The monoisotopic (exact) mass is 299 g/mol. The fourth-order valence-corrected chi connectivity index (χ4v) is 2.57. The van der Waals surface area contributed by atoms with E-state index in [0.29, 0.717) is 16.9 Å². The molecule has 0 saturated carbocycles. The lowest BCUT2D eigenvalue weighted by molar-refractivity contribution is 0.595. The summed E-state index contributed by atoms with van der Waals surface area (Å²) >= 11 is 0. The van der Waals surface area contributed by atoms with Gasteiger partial charge in [0.1, 0.15) is 5.58 Å². The molecule has 0 atom stereocenters. The molecule has 0 aliphatic carbocycles. The molecule has 1 aromatic heterocycles. The lowest BCUT2D eigenvalue weighted by Crippen LogP contribution is -2.06. The van der Waals surface area contributed by atoms with Crippen LogP contribution in [0.2, 0.25) is 0 Å². The highest BCUT2D eigenvalue weighted by atomic mass is 16.3. The molecule has 0 radical (unpaired) electrons. The molecule has 0 bridgehead atoms. The van der Waals surface area contributed by atoms with E-state index in [-0.39, 0.29) is 5.56 Å². The molecule has 0 fully saturated rings. The molecule has 23 heavy (non-hydrogen) atoms. The average molecular weight is 299 g/mol. The van der Waals surface area contributed by atoms with E-state index in [0.717, 1.165) is 16.7 Å². The summed E-state index contributed by atoms with van der Waals surface area (Å²) < 4.78 is 5.76. The van der Waals surface area contributed by atoms with E-state index >= 15 is 0 Å². The van der Waals surface area contributed by atoms with Gasteiger partial charge in [0.2, 0.25) is 5.89 Å². The molecule has 0 unspecified atom stereocenters. The van der Waals surface area contributed by atoms with Gasteiger partial charge in [-0.3, -0.25) is 4.79 Å². The minimum absolute atomic E-state index is 0.269. The van der Waals surface area contributed by atoms with Gasteiger partial charge in [0.05, 0.1) is 5.39 Å². The van der Waals surface area contributed by atoms with Crippen LogP contribution in [0, 0.1) is 0 Å². The fraction of sp³-hybridized carbons (Fsp3) is 0. The molecular weight excluding hydrogens is 286 g/mol. The van der Waals surface area contributed by atoms with E-state index in [1.165, 1.54) is 0 Å². The first kappa shape index (κ1) is 13.5. The van der Waals surface area contributed by atoms with Crippen LogP contribution in [0.4, 0.5) is 0 Å². The zero-order valence-electron chi connectivity index (χ0n) is 12.3. The van der Waals surface area contributed by atoms with Gasteiger partial charge in [0.25, 0.3) is 5.56 Å². The number of fused-ring (bicyclic) bond motifs is 1. The van der Waals surface area contributed by atoms with Crippen LogP contribution in [0.15, 0.2) is 88.1 Å². The predicted molar refractivity (Wildman–Crippen MR) is 91.2 cm³/mol. The molecule has 3 aromatic carbocycles. The van der Waals surface area contributed by atoms with Crippen molar-refractivity contribution in [2.45, 2.75) is 0 Å². The molecule has 4 aromatic rings. The second-order valence-corrected chi connectivity index (χ2v) is 5.26. The minimum atomic E-state index is -0.269. The van der Waals surface area contributed by atoms with Gasteiger partial charge in [-0.2, -0.15) is 4.98 Å². The average Bonchev–Trinajstić information content (AvgIpc) is 2.63. The molecule has 3 heteroatoms. The third-order valence-corrected chi connectivity index (χ3v) is 3.77. The lowest BCUT2D eigenvalue weighted by atomic mass is 10.0. The fourth-order valence-electron chi connectivity index (χ4n) is 2.57. The Morgan fingerprint density at radius 2 is 1.26 bits per heavy atom. The number of rotatable bonds is 2. The van der Waals surface area contributed by atoms with Crippen molar-refractivity contribution in [3.63, 3.8) is 0 Å². The Labute approximate surface area is 132 Å². The summed E-state index contributed by atoms with van der Waals surface area (Å²) in [5.41, 5.74) is 3.32. The van der Waals surface area contributed by atoms with Gasteiger partial charge in [-0.05, 0) is 35.4 Å². The molecule has 0 saturated heterocycles. The van der Waals surface area contributed by atoms with E-state index < -0.39 is 0 Å². The van der Waals surface area contributed by atoms with Crippen LogP contribution in [0.25, 0.3) is 33.6 Å². The van der Waals surface area contributed by atoms with Gasteiger partial charge in [0.15, 0.2) is 0 Å². The Bertz CT molecular complexity index is 1020. The number of aromatic nitrogens is 1. The highest BCUT2D eigenvalue weighted by molar-refractivity contribution is 5.77. The highest BCUT2D eigenvalue weighted by Crippen LogP contribution is 2.24. The van der Waals surface area contributed by atoms with Gasteiger partial charge in [-0.25, -0.2) is 0 Å². The summed E-state index contributed by atoms with van der Waals surface area (Å²) in [6, 6.07) is 25.1. The second-order valence-electron chi connectivity index (χ2n) is 5.26. The number of hydrogen-bond acceptors (Lipinski definition) is 3. The van der Waals surface area contributed by atoms with Crippen LogP contribution in [0.3, 0.4) is 0 Å². The molecule has 1 heterocycles. The van der Waals surface area contributed by atoms with Gasteiger partial charge in [-0.1, -0.05) is 54.6 Å². The molecular formula is C20H13NO2. The largest absolute Gasteiger partial charge is 0.437 e. The molecule has 0 aliphatic heterocycles. The van der Waals surface area contributed by atoms with E-state index in [4.69, 9.17) is 4.42 Å². The Kier molecular flexibility index (Phi) is 3.24. The van der Waals surface area contributed by atoms with E-state index in [9.17, 15) is 4.79 Å². The molecule has 4 rings (SSSR count). The summed E-state index contributed by atoms with van der Waals surface area (Å²) in [6.07, 6.45) is 0. The van der Waals surface area contributed by atoms with Crippen LogP contribution >= 0.6 is 0 Å². The molecule has 0 spiro atoms. The zero-order valence-corrected chi connectivity index (χ0v) is 12.3. The van der Waals surface area contributed by atoms with E-state index in [1.54, 1.807) is 18.2 Å². The molecule has 0 aliphatic rings. The van der Waals surface area contributed by atoms with Crippen LogP contribution in [0.5, 0.6) is 0 Å². The minimum Gasteiger partial charge on any atom is -0.437 e. The first-order valence-electron chi connectivity index (χ1n) is 7.37. The van der Waals surface area contributed by atoms with E-state index in [1.807, 2.05) is 48.5 Å². The van der Waals surface area contributed by atoms with Crippen LogP contribution in [-0.4, -0.2) is 4.98 Å². The zero-order chi connectivity index (χ0) is 15.6. The molecule has 0 N–H and O–H groups in total. The van der Waals surface area contributed by atoms with Crippen molar-refractivity contribution in [2.24, 2.45) is 0 Å². The number of para-hydroxylation sites is 1. The maximum atomic E-state index is 12.1. The summed E-state index contributed by atoms with van der Waals surface area (Å²) in [5, 5.41) is 0.497. The second kappa shape index (κ2) is 5.54. The van der Waals surface area contributed by atoms with Crippen molar-refractivity contribution in [1.82, 2.24) is 4.98 Å². The molecule has 110 valence electrons. The van der Waals surface area contributed by atoms with Crippen molar-refractivity contribution >= 4 is 11.0 Å². The third kappa shape index (κ3) is 2.53. The van der Waals surface area contributed by atoms with Crippen molar-refractivity contribution in [1.29, 1.82) is 0 Å². The predicted octanol–water partition coefficient (Wildman–Crippen LogP) is 4.52. The van der Waals surface area contributed by atoms with Crippen molar-refractivity contribution in [3.8, 4) is 22.6 Å². The van der Waals surface area contributed by atoms with Crippen molar-refractivity contribution in [2.75, 3.05) is 0 Å².